The number of non-ortho nitro benzene ring substituents is 1. The maximum Gasteiger partial charge on any atom is 0.305 e. The van der Waals surface area contributed by atoms with E-state index in [2.05, 4.69) is 26.6 Å². The van der Waals surface area contributed by atoms with Gasteiger partial charge in [-0.15, -0.1) is 0 Å². The third-order valence-corrected chi connectivity index (χ3v) is 6.55. The van der Waals surface area contributed by atoms with Crippen LogP contribution < -0.4 is 26.6 Å². The Labute approximate surface area is 257 Å². The molecule has 0 saturated carbocycles. The molecule has 248 valence electrons. The summed E-state index contributed by atoms with van der Waals surface area (Å²) in [7, 11) is 0. The summed E-state index contributed by atoms with van der Waals surface area (Å²) < 4.78 is 0. The fraction of sp³-hybridized carbons (Fsp3) is 0.519. The topological polar surface area (TPSA) is 283 Å². The zero-order valence-corrected chi connectivity index (χ0v) is 25.1. The summed E-state index contributed by atoms with van der Waals surface area (Å²) in [5.74, 6) is -7.81. The van der Waals surface area contributed by atoms with Gasteiger partial charge >= 0.3 is 11.9 Å². The van der Waals surface area contributed by atoms with Crippen LogP contribution >= 0.6 is 0 Å². The van der Waals surface area contributed by atoms with Gasteiger partial charge in [-0.05, 0) is 31.4 Å². The van der Waals surface area contributed by atoms with Crippen molar-refractivity contribution < 1.29 is 53.8 Å². The average molecular weight is 639 g/mol. The summed E-state index contributed by atoms with van der Waals surface area (Å²) in [5.41, 5.74) is -0.232. The summed E-state index contributed by atoms with van der Waals surface area (Å²) in [6.07, 6.45) is -3.11. The first-order valence-electron chi connectivity index (χ1n) is 13.8. The fourth-order valence-electron chi connectivity index (χ4n) is 3.92. The number of hydrogen-bond acceptors (Lipinski definition) is 10. The number of nitro benzene ring substituents is 1. The van der Waals surface area contributed by atoms with Crippen molar-refractivity contribution in [3.63, 3.8) is 0 Å². The monoisotopic (exact) mass is 638 g/mol. The molecule has 1 rings (SSSR count). The van der Waals surface area contributed by atoms with Gasteiger partial charge in [0.05, 0.1) is 17.4 Å². The lowest BCUT2D eigenvalue weighted by molar-refractivity contribution is -0.384. The molecule has 0 fully saturated rings. The van der Waals surface area contributed by atoms with E-state index in [9.17, 15) is 53.9 Å². The van der Waals surface area contributed by atoms with E-state index in [1.54, 1.807) is 13.8 Å². The SMILES string of the molecule is CC[C@H](C)[C@H](NC(C)=O)C(=O)N[C@H](CCC(=O)O)C(=O)N[C@H](C(=O)N[C@H](CC(=O)O)C(=O)Nc1ccc([N+](=O)[O-])cc1)[C@H](C)O. The molecule has 0 aliphatic heterocycles. The number of nitro groups is 1. The van der Waals surface area contributed by atoms with Gasteiger partial charge in [-0.3, -0.25) is 43.7 Å². The number of nitrogens with zero attached hydrogens (tertiary/aromatic N) is 1. The average Bonchev–Trinajstić information content (AvgIpc) is 2.95. The highest BCUT2D eigenvalue weighted by Crippen LogP contribution is 2.16. The van der Waals surface area contributed by atoms with Crippen LogP contribution in [0.4, 0.5) is 11.4 Å². The van der Waals surface area contributed by atoms with E-state index < -0.39 is 95.9 Å². The molecule has 45 heavy (non-hydrogen) atoms. The van der Waals surface area contributed by atoms with Crippen LogP contribution in [-0.4, -0.2) is 92.0 Å². The molecule has 0 aliphatic carbocycles. The van der Waals surface area contributed by atoms with Crippen molar-refractivity contribution >= 4 is 52.8 Å². The van der Waals surface area contributed by atoms with E-state index >= 15 is 0 Å². The number of nitrogens with one attached hydrogen (secondary N) is 5. The maximum atomic E-state index is 13.2. The summed E-state index contributed by atoms with van der Waals surface area (Å²) >= 11 is 0. The van der Waals surface area contributed by atoms with E-state index in [1.165, 1.54) is 19.1 Å². The molecular formula is C27H38N6O12. The van der Waals surface area contributed by atoms with Crippen LogP contribution in [0, 0.1) is 16.0 Å². The Bertz CT molecular complexity index is 1270. The number of carboxylic acid groups (broad SMARTS) is 2. The lowest BCUT2D eigenvalue weighted by atomic mass is 9.97. The molecule has 0 spiro atoms. The van der Waals surface area contributed by atoms with Gasteiger partial charge in [0.2, 0.25) is 29.5 Å². The van der Waals surface area contributed by atoms with E-state index in [0.717, 1.165) is 19.1 Å². The fourth-order valence-corrected chi connectivity index (χ4v) is 3.92. The summed E-state index contributed by atoms with van der Waals surface area (Å²) in [6, 6.07) is -1.63. The Balaban J connectivity index is 3.17. The highest BCUT2D eigenvalue weighted by molar-refractivity contribution is 6.00. The van der Waals surface area contributed by atoms with Gasteiger partial charge in [0.1, 0.15) is 24.2 Å². The highest BCUT2D eigenvalue weighted by atomic mass is 16.6. The van der Waals surface area contributed by atoms with Crippen LogP contribution in [-0.2, 0) is 33.6 Å². The van der Waals surface area contributed by atoms with Gasteiger partial charge < -0.3 is 41.9 Å². The van der Waals surface area contributed by atoms with Crippen LogP contribution in [0.1, 0.15) is 53.4 Å². The normalized spacial score (nSPS) is 14.7. The number of anilines is 1. The molecule has 0 saturated heterocycles. The number of aliphatic carboxylic acids is 2. The molecule has 6 atom stereocenters. The molecule has 5 amide bonds. The Morgan fingerprint density at radius 2 is 1.36 bits per heavy atom. The molecule has 0 radical (unpaired) electrons. The van der Waals surface area contributed by atoms with Crippen molar-refractivity contribution in [2.45, 2.75) is 83.6 Å². The maximum absolute atomic E-state index is 13.2. The summed E-state index contributed by atoms with van der Waals surface area (Å²) in [6.45, 7) is 5.73. The minimum atomic E-state index is -1.80. The lowest BCUT2D eigenvalue weighted by Crippen LogP contribution is -2.61. The van der Waals surface area contributed by atoms with Crippen LogP contribution in [0.15, 0.2) is 24.3 Å². The van der Waals surface area contributed by atoms with Gasteiger partial charge in [0.25, 0.3) is 5.69 Å². The largest absolute Gasteiger partial charge is 0.481 e. The molecule has 18 heteroatoms. The Morgan fingerprint density at radius 3 is 1.82 bits per heavy atom. The van der Waals surface area contributed by atoms with Crippen molar-refractivity contribution in [3.8, 4) is 0 Å². The van der Waals surface area contributed by atoms with Crippen LogP contribution in [0.2, 0.25) is 0 Å². The minimum Gasteiger partial charge on any atom is -0.481 e. The minimum absolute atomic E-state index is 0.0441. The molecule has 8 N–H and O–H groups in total. The second-order valence-corrected chi connectivity index (χ2v) is 10.2. The van der Waals surface area contributed by atoms with Crippen LogP contribution in [0.3, 0.4) is 0 Å². The number of benzene rings is 1. The van der Waals surface area contributed by atoms with Crippen molar-refractivity contribution in [1.29, 1.82) is 0 Å². The number of carboxylic acids is 2. The van der Waals surface area contributed by atoms with Gasteiger partial charge in [-0.1, -0.05) is 20.3 Å². The Kier molecular flexibility index (Phi) is 15.0. The van der Waals surface area contributed by atoms with Gasteiger partial charge in [-0.2, -0.15) is 0 Å². The Morgan fingerprint density at radius 1 is 0.800 bits per heavy atom. The molecule has 1 aromatic carbocycles. The van der Waals surface area contributed by atoms with Crippen molar-refractivity contribution in [3.05, 3.63) is 34.4 Å². The molecular weight excluding hydrogens is 600 g/mol. The summed E-state index contributed by atoms with van der Waals surface area (Å²) in [4.78, 5) is 96.5. The first kappa shape index (κ1) is 37.9. The van der Waals surface area contributed by atoms with Gasteiger partial charge in [-0.25, -0.2) is 0 Å². The van der Waals surface area contributed by atoms with E-state index in [0.29, 0.717) is 6.42 Å². The quantitative estimate of drug-likeness (QED) is 0.0729. The molecule has 18 nitrogen and oxygen atoms in total. The zero-order valence-electron chi connectivity index (χ0n) is 25.1. The Hall–Kier alpha value is -5.13. The third-order valence-electron chi connectivity index (χ3n) is 6.55. The van der Waals surface area contributed by atoms with E-state index in [1.807, 2.05) is 0 Å². The van der Waals surface area contributed by atoms with Gasteiger partial charge in [0, 0.05) is 31.2 Å². The number of aliphatic hydroxyl groups is 1. The van der Waals surface area contributed by atoms with Gasteiger partial charge in [0.15, 0.2) is 0 Å². The number of aliphatic hydroxyl groups excluding tert-OH is 1. The molecule has 0 unspecified atom stereocenters. The van der Waals surface area contributed by atoms with E-state index in [4.69, 9.17) is 5.11 Å². The molecule has 0 bridgehead atoms. The predicted octanol–water partition coefficient (Wildman–Crippen LogP) is -0.741. The number of carbonyl (C=O) groups is 7. The molecule has 1 aromatic rings. The van der Waals surface area contributed by atoms with E-state index in [-0.39, 0.29) is 17.3 Å². The zero-order chi connectivity index (χ0) is 34.4. The lowest BCUT2D eigenvalue weighted by Gasteiger charge is -2.28. The number of amides is 5. The van der Waals surface area contributed by atoms with Crippen molar-refractivity contribution in [2.75, 3.05) is 5.32 Å². The number of rotatable bonds is 18. The predicted molar refractivity (Wildman–Crippen MR) is 155 cm³/mol. The van der Waals surface area contributed by atoms with Crippen molar-refractivity contribution in [1.82, 2.24) is 21.3 Å². The first-order valence-corrected chi connectivity index (χ1v) is 13.8. The second kappa shape index (κ2) is 17.9. The standard InChI is InChI=1S/C27H38N6O12/c1-5-13(2)22(28-15(4)35)26(42)30-18(10-11-20(36)37)24(40)32-23(14(3)34)27(43)31-19(12-21(38)39)25(41)29-16-6-8-17(9-7-16)33(44)45/h6-9,13-14,18-19,22-23,34H,5,10-12H2,1-4H3,(H,28,35)(H,29,41)(H,30,42)(H,31,43)(H,32,40)(H,36,37)(H,38,39)/t13-,14-,18+,19+,22-,23-/m0/s1. The summed E-state index contributed by atoms with van der Waals surface area (Å²) in [5, 5.41) is 51.0. The first-order chi connectivity index (χ1) is 21.0. The number of carbonyl (C=O) groups excluding carboxylic acids is 5. The van der Waals surface area contributed by atoms with Crippen molar-refractivity contribution in [2.24, 2.45) is 5.92 Å². The number of hydrogen-bond donors (Lipinski definition) is 8. The van der Waals surface area contributed by atoms with Crippen LogP contribution in [0.5, 0.6) is 0 Å². The van der Waals surface area contributed by atoms with Crippen LogP contribution in [0.25, 0.3) is 0 Å². The molecule has 0 aromatic heterocycles. The smallest absolute Gasteiger partial charge is 0.305 e. The third kappa shape index (κ3) is 13.0. The molecule has 0 heterocycles. The molecule has 0 aliphatic rings. The second-order valence-electron chi connectivity index (χ2n) is 10.2. The highest BCUT2D eigenvalue weighted by Gasteiger charge is 2.35.